The number of aryl methyl sites for hydroxylation is 2. The van der Waals surface area contributed by atoms with Crippen LogP contribution >= 0.6 is 23.4 Å². The van der Waals surface area contributed by atoms with Gasteiger partial charge in [-0.3, -0.25) is 9.69 Å². The quantitative estimate of drug-likeness (QED) is 0.401. The van der Waals surface area contributed by atoms with Crippen molar-refractivity contribution < 1.29 is 4.79 Å². The number of carbonyl (C=O) groups is 1. The van der Waals surface area contributed by atoms with Gasteiger partial charge in [-0.25, -0.2) is 4.99 Å². The molecule has 2 aromatic carbocycles. The maximum atomic E-state index is 13.2. The average Bonchev–Trinajstić information content (AvgIpc) is 2.98. The van der Waals surface area contributed by atoms with Crippen LogP contribution in [0, 0.1) is 6.92 Å². The minimum Gasteiger partial charge on any atom is -0.266 e. The van der Waals surface area contributed by atoms with E-state index in [0.717, 1.165) is 36.1 Å². The Morgan fingerprint density at radius 3 is 2.54 bits per heavy atom. The van der Waals surface area contributed by atoms with Gasteiger partial charge in [0.05, 0.1) is 10.7 Å². The lowest BCUT2D eigenvalue weighted by atomic mass is 10.1. The summed E-state index contributed by atoms with van der Waals surface area (Å²) in [6.45, 7) is 6.26. The Balaban J connectivity index is 1.95. The highest BCUT2D eigenvalue weighted by atomic mass is 35.5. The summed E-state index contributed by atoms with van der Waals surface area (Å²) in [5.74, 6) is 0.783. The molecule has 146 valence electrons. The molecule has 2 aromatic rings. The smallest absolute Gasteiger partial charge is 0.266 e. The first kappa shape index (κ1) is 20.7. The number of nitrogens with zero attached hydrogens (tertiary/aromatic N) is 2. The monoisotopic (exact) mass is 412 g/mol. The van der Waals surface area contributed by atoms with E-state index in [2.05, 4.69) is 31.0 Å². The number of amidine groups is 1. The third-order valence-electron chi connectivity index (χ3n) is 4.59. The summed E-state index contributed by atoms with van der Waals surface area (Å²) < 4.78 is 0. The molecule has 5 heteroatoms. The van der Waals surface area contributed by atoms with Crippen molar-refractivity contribution in [2.24, 2.45) is 4.99 Å². The van der Waals surface area contributed by atoms with E-state index in [0.29, 0.717) is 21.6 Å². The molecule has 0 atom stereocenters. The van der Waals surface area contributed by atoms with Crippen molar-refractivity contribution in [3.05, 3.63) is 69.9 Å². The Morgan fingerprint density at radius 1 is 1.14 bits per heavy atom. The van der Waals surface area contributed by atoms with Gasteiger partial charge in [-0.05, 0) is 54.7 Å². The second-order valence-electron chi connectivity index (χ2n) is 6.82. The third kappa shape index (κ3) is 4.68. The first-order valence-electron chi connectivity index (χ1n) is 9.66. The fourth-order valence-corrected chi connectivity index (χ4v) is 4.32. The first-order chi connectivity index (χ1) is 13.5. The van der Waals surface area contributed by atoms with Gasteiger partial charge in [0.15, 0.2) is 5.17 Å². The van der Waals surface area contributed by atoms with Crippen LogP contribution in [-0.4, -0.2) is 16.8 Å². The molecule has 0 spiro atoms. The Bertz CT molecular complexity index is 919. The highest BCUT2D eigenvalue weighted by Crippen LogP contribution is 2.34. The van der Waals surface area contributed by atoms with Crippen molar-refractivity contribution in [2.75, 3.05) is 10.7 Å². The second-order valence-corrected chi connectivity index (χ2v) is 8.29. The number of rotatable bonds is 6. The van der Waals surface area contributed by atoms with Gasteiger partial charge in [-0.15, -0.1) is 0 Å². The molecule has 0 bridgehead atoms. The van der Waals surface area contributed by atoms with Crippen molar-refractivity contribution in [3.63, 3.8) is 0 Å². The lowest BCUT2D eigenvalue weighted by Gasteiger charge is -2.19. The number of benzene rings is 2. The van der Waals surface area contributed by atoms with Crippen molar-refractivity contribution in [2.45, 2.75) is 40.0 Å². The van der Waals surface area contributed by atoms with E-state index in [4.69, 9.17) is 11.6 Å². The standard InChI is InChI=1S/C23H25ClN2OS/c1-4-6-13-28-23-25-20(15-18-10-8-17(5-2)9-11-18)22(27)26(23)21-12-7-16(3)14-19(21)24/h7-12,14-15H,4-6,13H2,1-3H3/b20-15+. The number of hydrogen-bond acceptors (Lipinski definition) is 3. The molecular formula is C23H25ClN2OS. The molecule has 1 aliphatic rings. The van der Waals surface area contributed by atoms with E-state index in [9.17, 15) is 4.79 Å². The number of amides is 1. The predicted octanol–water partition coefficient (Wildman–Crippen LogP) is 6.49. The molecule has 0 aliphatic carbocycles. The second kappa shape index (κ2) is 9.44. The Labute approximate surface area is 176 Å². The molecule has 0 unspecified atom stereocenters. The summed E-state index contributed by atoms with van der Waals surface area (Å²) in [7, 11) is 0. The molecule has 0 saturated heterocycles. The molecule has 0 saturated carbocycles. The van der Waals surface area contributed by atoms with Gasteiger partial charge in [0.2, 0.25) is 0 Å². The molecule has 1 heterocycles. The topological polar surface area (TPSA) is 32.7 Å². The number of anilines is 1. The van der Waals surface area contributed by atoms with Crippen molar-refractivity contribution in [1.29, 1.82) is 0 Å². The van der Waals surface area contributed by atoms with E-state index in [-0.39, 0.29) is 5.91 Å². The fourth-order valence-electron chi connectivity index (χ4n) is 2.91. The van der Waals surface area contributed by atoms with Gasteiger partial charge in [-0.1, -0.05) is 74.0 Å². The molecule has 1 aliphatic heterocycles. The summed E-state index contributed by atoms with van der Waals surface area (Å²) in [6.07, 6.45) is 5.02. The van der Waals surface area contributed by atoms with Crippen LogP contribution in [-0.2, 0) is 11.2 Å². The van der Waals surface area contributed by atoms with E-state index < -0.39 is 0 Å². The van der Waals surface area contributed by atoms with Crippen molar-refractivity contribution in [1.82, 2.24) is 0 Å². The van der Waals surface area contributed by atoms with Crippen LogP contribution in [0.3, 0.4) is 0 Å². The van der Waals surface area contributed by atoms with Gasteiger partial charge in [0.25, 0.3) is 5.91 Å². The molecule has 0 aromatic heterocycles. The highest BCUT2D eigenvalue weighted by molar-refractivity contribution is 8.14. The summed E-state index contributed by atoms with van der Waals surface area (Å²) >= 11 is 8.07. The van der Waals surface area contributed by atoms with E-state index in [1.807, 2.05) is 43.3 Å². The van der Waals surface area contributed by atoms with Gasteiger partial charge >= 0.3 is 0 Å². The Morgan fingerprint density at radius 2 is 1.89 bits per heavy atom. The van der Waals surface area contributed by atoms with Crippen LogP contribution < -0.4 is 4.90 Å². The molecule has 0 radical (unpaired) electrons. The Kier molecular flexibility index (Phi) is 6.97. The number of carbonyl (C=O) groups excluding carboxylic acids is 1. The summed E-state index contributed by atoms with van der Waals surface area (Å²) in [4.78, 5) is 19.5. The van der Waals surface area contributed by atoms with E-state index in [1.54, 1.807) is 16.7 Å². The lowest BCUT2D eigenvalue weighted by Crippen LogP contribution is -2.30. The van der Waals surface area contributed by atoms with Crippen molar-refractivity contribution >= 4 is 46.2 Å². The minimum atomic E-state index is -0.135. The first-order valence-corrected chi connectivity index (χ1v) is 11.0. The third-order valence-corrected chi connectivity index (χ3v) is 5.92. The summed E-state index contributed by atoms with van der Waals surface area (Å²) in [6, 6.07) is 14.0. The van der Waals surface area contributed by atoms with Crippen molar-refractivity contribution in [3.8, 4) is 0 Å². The highest BCUT2D eigenvalue weighted by Gasteiger charge is 2.33. The lowest BCUT2D eigenvalue weighted by molar-refractivity contribution is -0.113. The molecule has 0 fully saturated rings. The zero-order chi connectivity index (χ0) is 20.1. The number of hydrogen-bond donors (Lipinski definition) is 0. The SMILES string of the molecule is CCCCSC1=N/C(=C/c2ccc(CC)cc2)C(=O)N1c1ccc(C)cc1Cl. The van der Waals surface area contributed by atoms with Gasteiger partial charge in [0, 0.05) is 5.75 Å². The van der Waals surface area contributed by atoms with Crippen LogP contribution in [0.2, 0.25) is 5.02 Å². The van der Waals surface area contributed by atoms with Gasteiger partial charge in [0.1, 0.15) is 5.70 Å². The summed E-state index contributed by atoms with van der Waals surface area (Å²) in [5.41, 5.74) is 4.43. The zero-order valence-electron chi connectivity index (χ0n) is 16.5. The van der Waals surface area contributed by atoms with Crippen LogP contribution in [0.25, 0.3) is 6.08 Å². The zero-order valence-corrected chi connectivity index (χ0v) is 18.1. The number of unbranched alkanes of at least 4 members (excludes halogenated alkanes) is 1. The average molecular weight is 413 g/mol. The van der Waals surface area contributed by atoms with Gasteiger partial charge in [-0.2, -0.15) is 0 Å². The Hall–Kier alpha value is -2.04. The minimum absolute atomic E-state index is 0.135. The molecule has 3 rings (SSSR count). The maximum absolute atomic E-state index is 13.2. The molecule has 28 heavy (non-hydrogen) atoms. The number of thioether (sulfide) groups is 1. The molecule has 3 nitrogen and oxygen atoms in total. The normalized spacial score (nSPS) is 15.4. The molecule has 1 amide bonds. The van der Waals surface area contributed by atoms with Crippen LogP contribution in [0.15, 0.2) is 53.2 Å². The van der Waals surface area contributed by atoms with E-state index in [1.165, 1.54) is 5.56 Å². The van der Waals surface area contributed by atoms with Crippen LogP contribution in [0.5, 0.6) is 0 Å². The number of halogens is 1. The maximum Gasteiger partial charge on any atom is 0.283 e. The number of aliphatic imine (C=N–C) groups is 1. The van der Waals surface area contributed by atoms with Gasteiger partial charge < -0.3 is 0 Å². The molecular weight excluding hydrogens is 388 g/mol. The molecule has 0 N–H and O–H groups in total. The van der Waals surface area contributed by atoms with Crippen LogP contribution in [0.1, 0.15) is 43.4 Å². The fraction of sp³-hybridized carbons (Fsp3) is 0.304. The van der Waals surface area contributed by atoms with Crippen LogP contribution in [0.4, 0.5) is 5.69 Å². The predicted molar refractivity (Wildman–Crippen MR) is 122 cm³/mol. The summed E-state index contributed by atoms with van der Waals surface area (Å²) in [5, 5.41) is 1.26. The van der Waals surface area contributed by atoms with E-state index >= 15 is 0 Å². The largest absolute Gasteiger partial charge is 0.283 e.